The highest BCUT2D eigenvalue weighted by Gasteiger charge is 2.66. The number of nitrogens with one attached hydrogen (secondary N) is 1. The minimum Gasteiger partial charge on any atom is -0.479 e. The van der Waals surface area contributed by atoms with E-state index in [0.29, 0.717) is 39.1 Å². The van der Waals surface area contributed by atoms with Gasteiger partial charge in [-0.2, -0.15) is 0 Å². The van der Waals surface area contributed by atoms with Gasteiger partial charge in [0.1, 0.15) is 5.54 Å². The number of carboxylic acid groups (broad SMARTS) is 1. The summed E-state index contributed by atoms with van der Waals surface area (Å²) in [6, 6.07) is 0. The molecule has 2 unspecified atom stereocenters. The Bertz CT molecular complexity index is 416. The summed E-state index contributed by atoms with van der Waals surface area (Å²) >= 11 is 0. The second kappa shape index (κ2) is 5.93. The molecule has 1 aliphatic heterocycles. The van der Waals surface area contributed by atoms with Crippen LogP contribution in [0.15, 0.2) is 0 Å². The molecule has 1 aliphatic carbocycles. The predicted molar refractivity (Wildman–Crippen MR) is 75.9 cm³/mol. The Morgan fingerprint density at radius 1 is 1.33 bits per heavy atom. The smallest absolute Gasteiger partial charge is 0.330 e. The lowest BCUT2D eigenvalue weighted by Gasteiger charge is -2.58. The first-order chi connectivity index (χ1) is 9.85. The Morgan fingerprint density at radius 2 is 1.95 bits per heavy atom. The van der Waals surface area contributed by atoms with Crippen LogP contribution in [0, 0.1) is 11.3 Å². The van der Waals surface area contributed by atoms with Gasteiger partial charge in [-0.3, -0.25) is 4.79 Å². The zero-order valence-corrected chi connectivity index (χ0v) is 13.0. The summed E-state index contributed by atoms with van der Waals surface area (Å²) in [4.78, 5) is 24.2. The molecule has 120 valence electrons. The number of carboxylic acids is 1. The van der Waals surface area contributed by atoms with E-state index in [2.05, 4.69) is 5.32 Å². The van der Waals surface area contributed by atoms with Gasteiger partial charge in [-0.25, -0.2) is 4.79 Å². The Balaban J connectivity index is 2.10. The van der Waals surface area contributed by atoms with Crippen LogP contribution in [0.25, 0.3) is 0 Å². The van der Waals surface area contributed by atoms with Gasteiger partial charge in [0.2, 0.25) is 5.91 Å². The lowest BCUT2D eigenvalue weighted by Crippen LogP contribution is -2.76. The van der Waals surface area contributed by atoms with Gasteiger partial charge in [-0.15, -0.1) is 0 Å². The van der Waals surface area contributed by atoms with Crippen molar-refractivity contribution < 1.29 is 24.2 Å². The molecule has 0 aromatic heterocycles. The third-order valence-electron chi connectivity index (χ3n) is 5.06. The van der Waals surface area contributed by atoms with Crippen LogP contribution in [0.2, 0.25) is 0 Å². The van der Waals surface area contributed by atoms with Crippen molar-refractivity contribution in [2.45, 2.75) is 51.7 Å². The quantitative estimate of drug-likeness (QED) is 0.796. The van der Waals surface area contributed by atoms with E-state index in [9.17, 15) is 14.7 Å². The van der Waals surface area contributed by atoms with Crippen LogP contribution in [-0.4, -0.2) is 48.4 Å². The summed E-state index contributed by atoms with van der Waals surface area (Å²) in [5.41, 5.74) is -1.86. The molecule has 2 fully saturated rings. The fraction of sp³-hybridized carbons (Fsp3) is 0.867. The second-order valence-electron chi connectivity index (χ2n) is 6.46. The molecule has 1 saturated carbocycles. The number of amides is 1. The number of carbonyl (C=O) groups is 2. The molecule has 6 nitrogen and oxygen atoms in total. The Morgan fingerprint density at radius 3 is 2.43 bits per heavy atom. The molecule has 1 amide bonds. The Kier molecular flexibility index (Phi) is 4.58. The molecule has 0 aromatic carbocycles. The molecule has 2 atom stereocenters. The summed E-state index contributed by atoms with van der Waals surface area (Å²) in [6.07, 6.45) is 1.47. The van der Waals surface area contributed by atoms with Gasteiger partial charge in [-0.1, -0.05) is 13.8 Å². The molecule has 0 spiro atoms. The second-order valence-corrected chi connectivity index (χ2v) is 6.46. The predicted octanol–water partition coefficient (Wildman–Crippen LogP) is 1.19. The van der Waals surface area contributed by atoms with Gasteiger partial charge in [0, 0.05) is 37.6 Å². The number of ether oxygens (including phenoxy) is 2. The maximum atomic E-state index is 12.4. The van der Waals surface area contributed by atoms with Crippen molar-refractivity contribution in [1.82, 2.24) is 5.32 Å². The van der Waals surface area contributed by atoms with E-state index in [-0.39, 0.29) is 17.9 Å². The third kappa shape index (κ3) is 2.66. The van der Waals surface area contributed by atoms with Gasteiger partial charge in [0.15, 0.2) is 0 Å². The van der Waals surface area contributed by atoms with Gasteiger partial charge >= 0.3 is 5.97 Å². The van der Waals surface area contributed by atoms with Gasteiger partial charge in [-0.05, 0) is 19.8 Å². The first-order valence-electron chi connectivity index (χ1n) is 7.60. The molecular weight excluding hydrogens is 274 g/mol. The Labute approximate surface area is 125 Å². The minimum atomic E-state index is -1.23. The number of hydrogen-bond acceptors (Lipinski definition) is 4. The highest BCUT2D eigenvalue weighted by Crippen LogP contribution is 2.51. The van der Waals surface area contributed by atoms with Crippen LogP contribution in [0.3, 0.4) is 0 Å². The van der Waals surface area contributed by atoms with Crippen molar-refractivity contribution >= 4 is 11.9 Å². The van der Waals surface area contributed by atoms with E-state index >= 15 is 0 Å². The minimum absolute atomic E-state index is 0.145. The summed E-state index contributed by atoms with van der Waals surface area (Å²) in [5, 5.41) is 12.5. The molecular formula is C15H25NO5. The molecule has 1 saturated heterocycles. The van der Waals surface area contributed by atoms with Crippen LogP contribution >= 0.6 is 0 Å². The molecule has 6 heteroatoms. The molecule has 0 radical (unpaired) electrons. The summed E-state index contributed by atoms with van der Waals surface area (Å²) in [5.74, 6) is -1.32. The standard InChI is InChI=1S/C15H25NO5/c1-4-21-11-9-15(13(18)19,14(11,2)3)16-12(17)10-5-7-20-8-6-10/h10-11H,4-9H2,1-3H3,(H,16,17)(H,18,19). The van der Waals surface area contributed by atoms with Crippen LogP contribution < -0.4 is 5.32 Å². The molecule has 2 N–H and O–H groups in total. The summed E-state index contributed by atoms with van der Waals surface area (Å²) in [7, 11) is 0. The highest BCUT2D eigenvalue weighted by molar-refractivity contribution is 5.90. The van der Waals surface area contributed by atoms with Crippen molar-refractivity contribution in [2.24, 2.45) is 11.3 Å². The molecule has 2 aliphatic rings. The maximum Gasteiger partial charge on any atom is 0.330 e. The van der Waals surface area contributed by atoms with Crippen molar-refractivity contribution in [3.05, 3.63) is 0 Å². The van der Waals surface area contributed by atoms with Crippen LogP contribution in [-0.2, 0) is 19.1 Å². The fourth-order valence-electron chi connectivity index (χ4n) is 3.31. The zero-order valence-electron chi connectivity index (χ0n) is 13.0. The van der Waals surface area contributed by atoms with Crippen molar-refractivity contribution in [3.8, 4) is 0 Å². The average Bonchev–Trinajstić information content (AvgIpc) is 2.46. The van der Waals surface area contributed by atoms with E-state index in [1.165, 1.54) is 0 Å². The van der Waals surface area contributed by atoms with Crippen molar-refractivity contribution in [2.75, 3.05) is 19.8 Å². The first kappa shape index (κ1) is 16.2. The summed E-state index contributed by atoms with van der Waals surface area (Å²) in [6.45, 7) is 7.23. The first-order valence-corrected chi connectivity index (χ1v) is 7.60. The molecule has 0 bridgehead atoms. The van der Waals surface area contributed by atoms with E-state index in [1.807, 2.05) is 20.8 Å². The van der Waals surface area contributed by atoms with E-state index in [4.69, 9.17) is 9.47 Å². The SMILES string of the molecule is CCOC1CC(NC(=O)C2CCOCC2)(C(=O)O)C1(C)C. The Hall–Kier alpha value is -1.14. The lowest BCUT2D eigenvalue weighted by atomic mass is 9.54. The van der Waals surface area contributed by atoms with Crippen LogP contribution in [0.1, 0.15) is 40.0 Å². The third-order valence-corrected chi connectivity index (χ3v) is 5.06. The van der Waals surface area contributed by atoms with Crippen LogP contribution in [0.5, 0.6) is 0 Å². The number of aliphatic carboxylic acids is 1. The topological polar surface area (TPSA) is 84.9 Å². The van der Waals surface area contributed by atoms with E-state index in [1.54, 1.807) is 0 Å². The normalized spacial score (nSPS) is 32.2. The number of rotatable bonds is 5. The zero-order chi connectivity index (χ0) is 15.7. The van der Waals surface area contributed by atoms with E-state index < -0.39 is 16.9 Å². The highest BCUT2D eigenvalue weighted by atomic mass is 16.5. The lowest BCUT2D eigenvalue weighted by molar-refractivity contribution is -0.195. The largest absolute Gasteiger partial charge is 0.479 e. The summed E-state index contributed by atoms with van der Waals surface area (Å²) < 4.78 is 10.8. The van der Waals surface area contributed by atoms with Crippen LogP contribution in [0.4, 0.5) is 0 Å². The number of carbonyl (C=O) groups excluding carboxylic acids is 1. The fourth-order valence-corrected chi connectivity index (χ4v) is 3.31. The van der Waals surface area contributed by atoms with Gasteiger partial charge < -0.3 is 19.9 Å². The maximum absolute atomic E-state index is 12.4. The average molecular weight is 299 g/mol. The monoisotopic (exact) mass is 299 g/mol. The molecule has 2 rings (SSSR count). The number of hydrogen-bond donors (Lipinski definition) is 2. The molecule has 0 aromatic rings. The van der Waals surface area contributed by atoms with Crippen molar-refractivity contribution in [1.29, 1.82) is 0 Å². The van der Waals surface area contributed by atoms with Crippen molar-refractivity contribution in [3.63, 3.8) is 0 Å². The molecule has 21 heavy (non-hydrogen) atoms. The van der Waals surface area contributed by atoms with E-state index in [0.717, 1.165) is 0 Å². The van der Waals surface area contributed by atoms with Gasteiger partial charge in [0.05, 0.1) is 6.10 Å². The van der Waals surface area contributed by atoms with Gasteiger partial charge in [0.25, 0.3) is 0 Å². The molecule has 1 heterocycles.